The molecule has 0 spiro atoms. The van der Waals surface area contributed by atoms with Crippen molar-refractivity contribution in [1.29, 1.82) is 0 Å². The fourth-order valence-corrected chi connectivity index (χ4v) is 3.53. The second-order valence-electron chi connectivity index (χ2n) is 5.32. The number of methoxy groups -OCH3 is 1. The van der Waals surface area contributed by atoms with Crippen molar-refractivity contribution in [3.05, 3.63) is 34.5 Å². The maximum absolute atomic E-state index is 14.2. The number of rotatable bonds is 8. The maximum Gasteiger partial charge on any atom is 0.132 e. The summed E-state index contributed by atoms with van der Waals surface area (Å²) in [5.74, 6) is -0.160. The molecule has 0 aliphatic heterocycles. The lowest BCUT2D eigenvalue weighted by Gasteiger charge is -2.07. The fraction of sp³-hybridized carbons (Fsp3) is 0.500. The van der Waals surface area contributed by atoms with Gasteiger partial charge in [0.2, 0.25) is 0 Å². The summed E-state index contributed by atoms with van der Waals surface area (Å²) in [4.78, 5) is 1.18. The summed E-state index contributed by atoms with van der Waals surface area (Å²) in [6, 6.07) is 5.90. The highest BCUT2D eigenvalue weighted by molar-refractivity contribution is 7.19. The third kappa shape index (κ3) is 3.61. The van der Waals surface area contributed by atoms with E-state index >= 15 is 0 Å². The van der Waals surface area contributed by atoms with Crippen molar-refractivity contribution in [3.63, 3.8) is 0 Å². The van der Waals surface area contributed by atoms with Crippen LogP contribution < -0.4 is 5.32 Å². The zero-order valence-electron chi connectivity index (χ0n) is 12.2. The molecule has 0 bridgehead atoms. The fourth-order valence-electron chi connectivity index (χ4n) is 2.35. The molecule has 1 fully saturated rings. The van der Waals surface area contributed by atoms with Gasteiger partial charge in [0.15, 0.2) is 0 Å². The average Bonchev–Trinajstić information content (AvgIpc) is 3.24. The van der Waals surface area contributed by atoms with Crippen LogP contribution in [0, 0.1) is 5.82 Å². The minimum Gasteiger partial charge on any atom is -0.382 e. The number of thiophene rings is 1. The average molecular weight is 309 g/mol. The molecule has 3 rings (SSSR count). The van der Waals surface area contributed by atoms with E-state index in [0.29, 0.717) is 31.2 Å². The molecule has 1 aliphatic rings. The van der Waals surface area contributed by atoms with Gasteiger partial charge in [0, 0.05) is 40.2 Å². The predicted molar refractivity (Wildman–Crippen MR) is 83.2 cm³/mol. The Morgan fingerprint density at radius 3 is 2.95 bits per heavy atom. The smallest absolute Gasteiger partial charge is 0.132 e. The van der Waals surface area contributed by atoms with Gasteiger partial charge in [-0.1, -0.05) is 6.07 Å². The normalized spacial score (nSPS) is 15.0. The Morgan fingerprint density at radius 1 is 1.33 bits per heavy atom. The van der Waals surface area contributed by atoms with E-state index < -0.39 is 0 Å². The van der Waals surface area contributed by atoms with Crippen molar-refractivity contribution < 1.29 is 13.9 Å². The number of hydrogen-bond donors (Lipinski definition) is 1. The maximum atomic E-state index is 14.2. The SMILES string of the molecule is COCCOCc1c(CNC2CC2)sc2cccc(F)c12. The van der Waals surface area contributed by atoms with E-state index in [4.69, 9.17) is 9.47 Å². The molecule has 5 heteroatoms. The van der Waals surface area contributed by atoms with Crippen LogP contribution in [0.4, 0.5) is 4.39 Å². The Balaban J connectivity index is 1.82. The van der Waals surface area contributed by atoms with E-state index in [1.807, 2.05) is 6.07 Å². The number of halogens is 1. The van der Waals surface area contributed by atoms with Gasteiger partial charge in [-0.25, -0.2) is 4.39 Å². The number of benzene rings is 1. The molecule has 0 amide bonds. The molecule has 1 N–H and O–H groups in total. The van der Waals surface area contributed by atoms with Gasteiger partial charge in [-0.2, -0.15) is 0 Å². The van der Waals surface area contributed by atoms with E-state index in [2.05, 4.69) is 5.32 Å². The van der Waals surface area contributed by atoms with Crippen LogP contribution in [0.2, 0.25) is 0 Å². The molecule has 3 nitrogen and oxygen atoms in total. The molecule has 21 heavy (non-hydrogen) atoms. The summed E-state index contributed by atoms with van der Waals surface area (Å²) in [6.45, 7) is 2.32. The molecule has 0 radical (unpaired) electrons. The summed E-state index contributed by atoms with van der Waals surface area (Å²) in [6.07, 6.45) is 2.50. The number of ether oxygens (including phenoxy) is 2. The summed E-state index contributed by atoms with van der Waals surface area (Å²) in [7, 11) is 1.65. The first-order valence-electron chi connectivity index (χ1n) is 7.28. The highest BCUT2D eigenvalue weighted by Crippen LogP contribution is 2.34. The third-order valence-electron chi connectivity index (χ3n) is 3.65. The van der Waals surface area contributed by atoms with E-state index in [-0.39, 0.29) is 5.82 Å². The van der Waals surface area contributed by atoms with Crippen LogP contribution in [0.25, 0.3) is 10.1 Å². The van der Waals surface area contributed by atoms with Crippen molar-refractivity contribution in [1.82, 2.24) is 5.32 Å². The van der Waals surface area contributed by atoms with Crippen molar-refractivity contribution >= 4 is 21.4 Å². The van der Waals surface area contributed by atoms with Gasteiger partial charge in [0.1, 0.15) is 5.82 Å². The van der Waals surface area contributed by atoms with Gasteiger partial charge in [-0.3, -0.25) is 0 Å². The molecular weight excluding hydrogens is 289 g/mol. The van der Waals surface area contributed by atoms with Gasteiger partial charge in [-0.05, 0) is 25.0 Å². The summed E-state index contributed by atoms with van der Waals surface area (Å²) in [5.41, 5.74) is 0.984. The van der Waals surface area contributed by atoms with Crippen LogP contribution >= 0.6 is 11.3 Å². The van der Waals surface area contributed by atoms with Crippen LogP contribution in [0.5, 0.6) is 0 Å². The molecule has 114 valence electrons. The second kappa shape index (κ2) is 6.83. The molecule has 1 saturated carbocycles. The van der Waals surface area contributed by atoms with Crippen LogP contribution in [0.1, 0.15) is 23.3 Å². The minimum atomic E-state index is -0.160. The lowest BCUT2D eigenvalue weighted by Crippen LogP contribution is -2.15. The van der Waals surface area contributed by atoms with E-state index in [1.54, 1.807) is 24.5 Å². The summed E-state index contributed by atoms with van der Waals surface area (Å²) < 4.78 is 25.8. The second-order valence-corrected chi connectivity index (χ2v) is 6.45. The largest absolute Gasteiger partial charge is 0.382 e. The molecule has 1 aliphatic carbocycles. The first-order valence-corrected chi connectivity index (χ1v) is 8.10. The highest BCUT2D eigenvalue weighted by atomic mass is 32.1. The minimum absolute atomic E-state index is 0.160. The molecule has 0 unspecified atom stereocenters. The van der Waals surface area contributed by atoms with Crippen molar-refractivity contribution in [2.75, 3.05) is 20.3 Å². The number of fused-ring (bicyclic) bond motifs is 1. The van der Waals surface area contributed by atoms with Gasteiger partial charge >= 0.3 is 0 Å². The Bertz CT molecular complexity index is 610. The molecule has 0 saturated heterocycles. The van der Waals surface area contributed by atoms with Crippen molar-refractivity contribution in [2.45, 2.75) is 32.0 Å². The third-order valence-corrected chi connectivity index (χ3v) is 4.85. The molecule has 1 aromatic heterocycles. The van der Waals surface area contributed by atoms with Crippen molar-refractivity contribution in [2.24, 2.45) is 0 Å². The van der Waals surface area contributed by atoms with E-state index in [0.717, 1.165) is 16.8 Å². The molecule has 0 atom stereocenters. The lowest BCUT2D eigenvalue weighted by molar-refractivity contribution is 0.0619. The first-order chi connectivity index (χ1) is 10.3. The zero-order valence-corrected chi connectivity index (χ0v) is 13.0. The highest BCUT2D eigenvalue weighted by Gasteiger charge is 2.22. The van der Waals surface area contributed by atoms with E-state index in [1.165, 1.54) is 23.8 Å². The van der Waals surface area contributed by atoms with Crippen molar-refractivity contribution in [3.8, 4) is 0 Å². The van der Waals surface area contributed by atoms with Gasteiger partial charge in [0.05, 0.1) is 19.8 Å². The van der Waals surface area contributed by atoms with Crippen LogP contribution in [0.15, 0.2) is 18.2 Å². The van der Waals surface area contributed by atoms with E-state index in [9.17, 15) is 4.39 Å². The zero-order chi connectivity index (χ0) is 14.7. The van der Waals surface area contributed by atoms with Crippen LogP contribution in [-0.4, -0.2) is 26.4 Å². The summed E-state index contributed by atoms with van der Waals surface area (Å²) >= 11 is 1.66. The predicted octanol–water partition coefficient (Wildman–Crippen LogP) is 3.46. The molecular formula is C16H20FNO2S. The van der Waals surface area contributed by atoms with Crippen LogP contribution in [0.3, 0.4) is 0 Å². The number of nitrogens with one attached hydrogen (secondary N) is 1. The monoisotopic (exact) mass is 309 g/mol. The van der Waals surface area contributed by atoms with Crippen LogP contribution in [-0.2, 0) is 22.6 Å². The molecule has 2 aromatic rings. The first kappa shape index (κ1) is 14.9. The standard InChI is InChI=1S/C16H20FNO2S/c1-19-7-8-20-10-12-15(9-18-11-5-6-11)21-14-4-2-3-13(17)16(12)14/h2-4,11,18H,5-10H2,1H3. The Labute approximate surface area is 128 Å². The Hall–Kier alpha value is -1.01. The van der Waals surface area contributed by atoms with Gasteiger partial charge in [-0.15, -0.1) is 11.3 Å². The molecule has 1 aromatic carbocycles. The number of hydrogen-bond acceptors (Lipinski definition) is 4. The lowest BCUT2D eigenvalue weighted by atomic mass is 10.1. The van der Waals surface area contributed by atoms with Gasteiger partial charge < -0.3 is 14.8 Å². The topological polar surface area (TPSA) is 30.5 Å². The van der Waals surface area contributed by atoms with Gasteiger partial charge in [0.25, 0.3) is 0 Å². The molecule has 1 heterocycles. The quantitative estimate of drug-likeness (QED) is 0.758. The Kier molecular flexibility index (Phi) is 4.85. The Morgan fingerprint density at radius 2 is 2.19 bits per heavy atom. The summed E-state index contributed by atoms with van der Waals surface area (Å²) in [5, 5.41) is 4.22.